The fourth-order valence-electron chi connectivity index (χ4n) is 4.78. The number of aromatic nitrogens is 5. The zero-order chi connectivity index (χ0) is 24.0. The number of nitrogens with zero attached hydrogens (tertiary/aromatic N) is 6. The van der Waals surface area contributed by atoms with Crippen molar-refractivity contribution in [3.05, 3.63) is 47.1 Å². The van der Waals surface area contributed by atoms with Gasteiger partial charge in [-0.2, -0.15) is 4.98 Å². The highest BCUT2D eigenvalue weighted by molar-refractivity contribution is 6.56. The normalized spacial score (nSPS) is 22.1. The lowest BCUT2D eigenvalue weighted by atomic mass is 9.49. The Morgan fingerprint density at radius 3 is 2.50 bits per heavy atom. The predicted molar refractivity (Wildman–Crippen MR) is 129 cm³/mol. The van der Waals surface area contributed by atoms with Crippen molar-refractivity contribution in [1.29, 1.82) is 0 Å². The van der Waals surface area contributed by atoms with E-state index in [1.165, 1.54) is 6.07 Å². The number of ether oxygens (including phenoxy) is 1. The van der Waals surface area contributed by atoms with E-state index in [9.17, 15) is 4.39 Å². The van der Waals surface area contributed by atoms with Gasteiger partial charge in [0.2, 0.25) is 5.95 Å². The zero-order valence-corrected chi connectivity index (χ0v) is 19.3. The molecular formula is C21H20B3ClFN7O. The van der Waals surface area contributed by atoms with Gasteiger partial charge in [-0.1, -0.05) is 11.6 Å². The Hall–Kier alpha value is -2.75. The molecule has 2 aliphatic rings. The van der Waals surface area contributed by atoms with Gasteiger partial charge in [0.25, 0.3) is 0 Å². The molecule has 0 spiro atoms. The minimum atomic E-state index is -1.88. The molecule has 2 fully saturated rings. The van der Waals surface area contributed by atoms with Crippen LogP contribution in [0.15, 0.2) is 30.6 Å². The van der Waals surface area contributed by atoms with Crippen LogP contribution in [-0.2, 0) is 5.24 Å². The average Bonchev–Trinajstić information content (AvgIpc) is 3.23. The van der Waals surface area contributed by atoms with Crippen molar-refractivity contribution in [2.45, 2.75) is 31.0 Å². The summed E-state index contributed by atoms with van der Waals surface area (Å²) >= 11 is 5.92. The van der Waals surface area contributed by atoms with Crippen molar-refractivity contribution in [3.8, 4) is 11.8 Å². The van der Waals surface area contributed by atoms with Crippen molar-refractivity contribution in [3.63, 3.8) is 0 Å². The highest BCUT2D eigenvalue weighted by Gasteiger charge is 2.43. The van der Waals surface area contributed by atoms with Crippen LogP contribution < -0.4 is 15.0 Å². The predicted octanol–water partition coefficient (Wildman–Crippen LogP) is 2.36. The molecule has 34 heavy (non-hydrogen) atoms. The van der Waals surface area contributed by atoms with E-state index in [-0.39, 0.29) is 28.8 Å². The summed E-state index contributed by atoms with van der Waals surface area (Å²) in [7, 11) is 17.6. The third-order valence-corrected chi connectivity index (χ3v) is 6.45. The summed E-state index contributed by atoms with van der Waals surface area (Å²) in [5, 5.41) is 6.04. The van der Waals surface area contributed by atoms with Crippen molar-refractivity contribution in [2.75, 3.05) is 23.3 Å². The third kappa shape index (κ3) is 4.73. The van der Waals surface area contributed by atoms with E-state index in [2.05, 4.69) is 30.3 Å². The van der Waals surface area contributed by atoms with Crippen molar-refractivity contribution >= 4 is 46.9 Å². The number of piperidine rings is 1. The number of nitrogens with one attached hydrogen (secondary N) is 1. The monoisotopic (exact) mass is 473 g/mol. The molecule has 8 nitrogen and oxygen atoms in total. The summed E-state index contributed by atoms with van der Waals surface area (Å²) in [4.78, 5) is 15.3. The minimum absolute atomic E-state index is 0.0853. The number of aryl methyl sites for hydroxylation is 1. The first kappa shape index (κ1) is 23.0. The molecule has 1 unspecified atom stereocenters. The van der Waals surface area contributed by atoms with Crippen LogP contribution >= 0.6 is 11.6 Å². The topological polar surface area (TPSA) is 81.0 Å². The summed E-state index contributed by atoms with van der Waals surface area (Å²) in [6, 6.07) is 5.83. The molecule has 1 aromatic carbocycles. The van der Waals surface area contributed by atoms with Gasteiger partial charge in [-0.25, -0.2) is 19.0 Å². The number of halogens is 2. The second-order valence-corrected chi connectivity index (χ2v) is 9.35. The molecule has 1 aliphatic heterocycles. The first-order valence-corrected chi connectivity index (χ1v) is 11.3. The van der Waals surface area contributed by atoms with Gasteiger partial charge in [0, 0.05) is 42.0 Å². The lowest BCUT2D eigenvalue weighted by molar-refractivity contribution is 0.374. The van der Waals surface area contributed by atoms with E-state index in [0.717, 1.165) is 54.3 Å². The van der Waals surface area contributed by atoms with Gasteiger partial charge in [-0.05, 0) is 49.0 Å². The van der Waals surface area contributed by atoms with Gasteiger partial charge in [-0.3, -0.25) is 0 Å². The number of anilines is 2. The number of benzene rings is 1. The first-order valence-electron chi connectivity index (χ1n) is 10.9. The molecule has 168 valence electrons. The molecule has 3 atom stereocenters. The lowest BCUT2D eigenvalue weighted by Gasteiger charge is -2.38. The van der Waals surface area contributed by atoms with Crippen LogP contribution in [0.1, 0.15) is 18.5 Å². The Balaban J connectivity index is 1.36. The molecule has 0 amide bonds. The van der Waals surface area contributed by atoms with E-state index in [1.54, 1.807) is 6.33 Å². The Labute approximate surface area is 205 Å². The Morgan fingerprint density at radius 1 is 1.12 bits per heavy atom. The van der Waals surface area contributed by atoms with Crippen LogP contribution in [0.3, 0.4) is 0 Å². The molecule has 1 saturated carbocycles. The lowest BCUT2D eigenvalue weighted by Crippen LogP contribution is -2.48. The summed E-state index contributed by atoms with van der Waals surface area (Å²) in [6.45, 7) is 3.66. The van der Waals surface area contributed by atoms with E-state index in [4.69, 9.17) is 39.9 Å². The number of rotatable bonds is 6. The number of hydrogen-bond donors (Lipinski definition) is 1. The van der Waals surface area contributed by atoms with Gasteiger partial charge in [0.15, 0.2) is 0 Å². The molecular weight excluding hydrogens is 453 g/mol. The number of fused-ring (bicyclic) bond motifs is 2. The molecule has 3 aromatic rings. The molecule has 3 heterocycles. The zero-order valence-electron chi connectivity index (χ0n) is 18.5. The van der Waals surface area contributed by atoms with E-state index in [1.807, 2.05) is 13.0 Å². The van der Waals surface area contributed by atoms with Gasteiger partial charge in [-0.15, -0.1) is 5.10 Å². The SMILES string of the molecule is [B]C([B])([B])n1nc(NC2[C@@H]3CC[C@H]2CN(c2cc(C)ncn2)C3)nc1Oc1cc(F)cc(Cl)c1. The van der Waals surface area contributed by atoms with Gasteiger partial charge >= 0.3 is 6.01 Å². The quantitative estimate of drug-likeness (QED) is 0.551. The van der Waals surface area contributed by atoms with E-state index in [0.29, 0.717) is 11.8 Å². The largest absolute Gasteiger partial charge is 0.424 e. The maximum absolute atomic E-state index is 13.7. The van der Waals surface area contributed by atoms with Gasteiger partial charge in [0.05, 0.1) is 23.5 Å². The summed E-state index contributed by atoms with van der Waals surface area (Å²) in [5.74, 6) is 1.50. The van der Waals surface area contributed by atoms with Crippen LogP contribution in [0.5, 0.6) is 11.8 Å². The first-order chi connectivity index (χ1) is 16.2. The minimum Gasteiger partial charge on any atom is -0.424 e. The summed E-state index contributed by atoms with van der Waals surface area (Å²) in [6.07, 6.45) is 3.74. The third-order valence-electron chi connectivity index (χ3n) is 6.23. The molecule has 2 aromatic heterocycles. The van der Waals surface area contributed by atoms with E-state index < -0.39 is 11.1 Å². The van der Waals surface area contributed by atoms with Crippen LogP contribution in [0.25, 0.3) is 0 Å². The fraction of sp³-hybridized carbons (Fsp3) is 0.429. The van der Waals surface area contributed by atoms with E-state index >= 15 is 0 Å². The maximum atomic E-state index is 13.7. The Bertz CT molecular complexity index is 1170. The van der Waals surface area contributed by atoms with Crippen LogP contribution in [0.2, 0.25) is 5.02 Å². The fourth-order valence-corrected chi connectivity index (χ4v) is 4.99. The van der Waals surface area contributed by atoms with Crippen molar-refractivity contribution in [2.24, 2.45) is 11.8 Å². The summed E-state index contributed by atoms with van der Waals surface area (Å²) in [5.41, 5.74) is 0.938. The molecule has 13 heteroatoms. The van der Waals surface area contributed by atoms with Crippen molar-refractivity contribution < 1.29 is 9.13 Å². The molecule has 5 rings (SSSR count). The molecule has 1 aliphatic carbocycles. The second-order valence-electron chi connectivity index (χ2n) is 8.91. The number of hydrogen-bond acceptors (Lipinski definition) is 7. The highest BCUT2D eigenvalue weighted by atomic mass is 35.5. The van der Waals surface area contributed by atoms with Crippen LogP contribution in [0, 0.1) is 24.6 Å². The van der Waals surface area contributed by atoms with Crippen LogP contribution in [-0.4, -0.2) is 67.4 Å². The van der Waals surface area contributed by atoms with Gasteiger partial charge in [0.1, 0.15) is 23.7 Å². The standard InChI is InChI=1S/C21H20B3ClFN7O/c1-11-4-17(28-10-27-11)32-8-12-2-3-13(9-32)18(12)29-19-30-20(33(31-19)21(22,23)24)34-16-6-14(25)5-15(26)7-16/h4-7,10,12-13,18H,2-3,8-9H2,1H3,(H,29,31)/t12-,13+,18?. The molecule has 1 N–H and O–H groups in total. The van der Waals surface area contributed by atoms with Crippen molar-refractivity contribution in [1.82, 2.24) is 24.7 Å². The smallest absolute Gasteiger partial charge is 0.320 e. The molecule has 1 saturated heterocycles. The maximum Gasteiger partial charge on any atom is 0.320 e. The molecule has 2 bridgehead atoms. The second kappa shape index (κ2) is 8.80. The average molecular weight is 473 g/mol. The molecule has 6 radical (unpaired) electrons. The summed E-state index contributed by atoms with van der Waals surface area (Å²) < 4.78 is 20.5. The Morgan fingerprint density at radius 2 is 1.85 bits per heavy atom. The Kier molecular flexibility index (Phi) is 5.96. The van der Waals surface area contributed by atoms with Crippen LogP contribution in [0.4, 0.5) is 16.2 Å². The van der Waals surface area contributed by atoms with Gasteiger partial charge < -0.3 is 15.0 Å². The highest BCUT2D eigenvalue weighted by Crippen LogP contribution is 2.40.